The number of benzene rings is 1. The van der Waals surface area contributed by atoms with Crippen molar-refractivity contribution >= 4 is 46.2 Å². The molecular formula is C15H18ClN5OS. The van der Waals surface area contributed by atoms with Crippen molar-refractivity contribution in [3.05, 3.63) is 24.3 Å². The highest BCUT2D eigenvalue weighted by molar-refractivity contribution is 7.99. The fraction of sp³-hybridized carbons (Fsp3) is 0.400. The second-order valence-electron chi connectivity index (χ2n) is 5.26. The maximum Gasteiger partial charge on any atom is 0.211 e. The van der Waals surface area contributed by atoms with Gasteiger partial charge in [-0.25, -0.2) is 4.98 Å². The number of nitrogens with one attached hydrogen (secondary N) is 1. The molecule has 0 saturated carbocycles. The molecule has 2 aromatic heterocycles. The zero-order valence-electron chi connectivity index (χ0n) is 12.6. The molecule has 0 spiro atoms. The Hall–Kier alpha value is -1.41. The maximum atomic E-state index is 5.35. The first-order valence-electron chi connectivity index (χ1n) is 7.44. The summed E-state index contributed by atoms with van der Waals surface area (Å²) in [5.74, 6) is 0.966. The molecule has 3 aromatic rings. The number of fused-ring (bicyclic) bond motifs is 3. The van der Waals surface area contributed by atoms with Gasteiger partial charge in [-0.15, -0.1) is 22.6 Å². The van der Waals surface area contributed by atoms with Crippen LogP contribution in [-0.4, -0.2) is 63.7 Å². The van der Waals surface area contributed by atoms with E-state index >= 15 is 0 Å². The number of hydrogen-bond donors (Lipinski definition) is 1. The van der Waals surface area contributed by atoms with Gasteiger partial charge in [-0.1, -0.05) is 30.0 Å². The maximum absolute atomic E-state index is 5.35. The number of hydrogen-bond acceptors (Lipinski definition) is 6. The van der Waals surface area contributed by atoms with Crippen LogP contribution in [0.5, 0.6) is 0 Å². The van der Waals surface area contributed by atoms with Crippen LogP contribution >= 0.6 is 24.2 Å². The van der Waals surface area contributed by atoms with Gasteiger partial charge in [-0.2, -0.15) is 0 Å². The molecule has 23 heavy (non-hydrogen) atoms. The third-order valence-electron chi connectivity index (χ3n) is 3.84. The predicted molar refractivity (Wildman–Crippen MR) is 94.4 cm³/mol. The van der Waals surface area contributed by atoms with E-state index in [-0.39, 0.29) is 12.4 Å². The fourth-order valence-electron chi connectivity index (χ4n) is 2.66. The number of halogens is 1. The average Bonchev–Trinajstić information content (AvgIpc) is 2.93. The summed E-state index contributed by atoms with van der Waals surface area (Å²) in [4.78, 5) is 10.3. The number of thioether (sulfide) groups is 1. The zero-order valence-corrected chi connectivity index (χ0v) is 14.2. The molecule has 0 atom stereocenters. The number of rotatable bonds is 4. The lowest BCUT2D eigenvalue weighted by Gasteiger charge is -2.26. The highest BCUT2D eigenvalue weighted by Crippen LogP contribution is 2.23. The van der Waals surface area contributed by atoms with Crippen LogP contribution in [0.3, 0.4) is 0 Å². The Morgan fingerprint density at radius 3 is 2.87 bits per heavy atom. The number of H-pyrrole nitrogens is 1. The van der Waals surface area contributed by atoms with Crippen LogP contribution in [0.1, 0.15) is 0 Å². The summed E-state index contributed by atoms with van der Waals surface area (Å²) in [5, 5.41) is 10.4. The number of nitrogens with zero attached hydrogens (tertiary/aromatic N) is 4. The van der Waals surface area contributed by atoms with Crippen molar-refractivity contribution in [1.82, 2.24) is 25.1 Å². The summed E-state index contributed by atoms with van der Waals surface area (Å²) in [7, 11) is 0. The number of morpholine rings is 1. The van der Waals surface area contributed by atoms with E-state index < -0.39 is 0 Å². The van der Waals surface area contributed by atoms with Gasteiger partial charge in [0.25, 0.3) is 0 Å². The second-order valence-corrected chi connectivity index (χ2v) is 6.33. The molecule has 1 fully saturated rings. The lowest BCUT2D eigenvalue weighted by Crippen LogP contribution is -2.37. The van der Waals surface area contributed by atoms with Crippen molar-refractivity contribution < 1.29 is 4.74 Å². The molecule has 1 saturated heterocycles. The van der Waals surface area contributed by atoms with Gasteiger partial charge in [0.05, 0.1) is 13.2 Å². The monoisotopic (exact) mass is 351 g/mol. The topological polar surface area (TPSA) is 66.9 Å². The van der Waals surface area contributed by atoms with Gasteiger partial charge in [0.2, 0.25) is 5.16 Å². The van der Waals surface area contributed by atoms with Gasteiger partial charge in [-0.3, -0.25) is 4.90 Å². The van der Waals surface area contributed by atoms with Gasteiger partial charge in [-0.05, 0) is 6.07 Å². The second kappa shape index (κ2) is 7.44. The predicted octanol–water partition coefficient (Wildman–Crippen LogP) is 2.35. The SMILES string of the molecule is Cl.c1ccc2c(c1)[nH]c1nc(SCCN3CCOCC3)nnc12. The van der Waals surface area contributed by atoms with Gasteiger partial charge >= 0.3 is 0 Å². The largest absolute Gasteiger partial charge is 0.379 e. The van der Waals surface area contributed by atoms with Gasteiger partial charge in [0.1, 0.15) is 5.52 Å². The third kappa shape index (κ3) is 3.58. The van der Waals surface area contributed by atoms with E-state index in [0.29, 0.717) is 0 Å². The van der Waals surface area contributed by atoms with Crippen molar-refractivity contribution in [2.45, 2.75) is 5.16 Å². The summed E-state index contributed by atoms with van der Waals surface area (Å²) in [6, 6.07) is 8.07. The fourth-order valence-corrected chi connectivity index (χ4v) is 3.44. The first-order valence-corrected chi connectivity index (χ1v) is 8.43. The van der Waals surface area contributed by atoms with Crippen LogP contribution in [0.15, 0.2) is 29.4 Å². The molecule has 4 rings (SSSR count). The summed E-state index contributed by atoms with van der Waals surface area (Å²) in [6.07, 6.45) is 0. The Labute approximate surface area is 144 Å². The Morgan fingerprint density at radius 1 is 1.17 bits per heavy atom. The molecule has 122 valence electrons. The molecule has 8 heteroatoms. The number of aromatic nitrogens is 4. The molecule has 0 amide bonds. The van der Waals surface area contributed by atoms with Gasteiger partial charge in [0.15, 0.2) is 5.65 Å². The normalized spacial score (nSPS) is 15.8. The zero-order chi connectivity index (χ0) is 14.8. The van der Waals surface area contributed by atoms with Crippen LogP contribution in [0.25, 0.3) is 22.1 Å². The van der Waals surface area contributed by atoms with Gasteiger partial charge < -0.3 is 9.72 Å². The van der Waals surface area contributed by atoms with Crippen molar-refractivity contribution in [2.24, 2.45) is 0 Å². The smallest absolute Gasteiger partial charge is 0.211 e. The molecule has 6 nitrogen and oxygen atoms in total. The summed E-state index contributed by atoms with van der Waals surface area (Å²) in [6.45, 7) is 4.73. The van der Waals surface area contributed by atoms with E-state index in [1.54, 1.807) is 11.8 Å². The molecule has 0 bridgehead atoms. The molecule has 1 aliphatic rings. The summed E-state index contributed by atoms with van der Waals surface area (Å²) >= 11 is 1.65. The summed E-state index contributed by atoms with van der Waals surface area (Å²) < 4.78 is 5.35. The molecule has 0 aliphatic carbocycles. The van der Waals surface area contributed by atoms with Crippen molar-refractivity contribution in [2.75, 3.05) is 38.6 Å². The van der Waals surface area contributed by atoms with Crippen LogP contribution < -0.4 is 0 Å². The Bertz CT molecular complexity index is 790. The summed E-state index contributed by atoms with van der Waals surface area (Å²) in [5.41, 5.74) is 2.70. The first-order chi connectivity index (χ1) is 10.9. The van der Waals surface area contributed by atoms with Gasteiger partial charge in [0, 0.05) is 36.3 Å². The minimum atomic E-state index is 0. The third-order valence-corrected chi connectivity index (χ3v) is 4.66. The molecular weight excluding hydrogens is 334 g/mol. The Morgan fingerprint density at radius 2 is 2.00 bits per heavy atom. The lowest BCUT2D eigenvalue weighted by atomic mass is 10.2. The molecule has 1 aliphatic heterocycles. The quantitative estimate of drug-likeness (QED) is 0.728. The van der Waals surface area contributed by atoms with Crippen LogP contribution in [0, 0.1) is 0 Å². The molecule has 1 aromatic carbocycles. The minimum Gasteiger partial charge on any atom is -0.379 e. The Balaban J connectivity index is 0.00000156. The highest BCUT2D eigenvalue weighted by atomic mass is 35.5. The van der Waals surface area contributed by atoms with E-state index in [1.165, 1.54) is 0 Å². The van der Waals surface area contributed by atoms with Crippen LogP contribution in [0.2, 0.25) is 0 Å². The van der Waals surface area contributed by atoms with E-state index in [2.05, 4.69) is 25.1 Å². The van der Waals surface area contributed by atoms with Crippen molar-refractivity contribution in [3.63, 3.8) is 0 Å². The lowest BCUT2D eigenvalue weighted by molar-refractivity contribution is 0.0410. The molecule has 0 radical (unpaired) electrons. The standard InChI is InChI=1S/C15H17N5OS.ClH/c1-2-4-12-11(3-1)13-14(16-12)17-15(19-18-13)22-10-7-20-5-8-21-9-6-20;/h1-4H,5-10H2,(H,16,17,19);1H. The number of ether oxygens (including phenoxy) is 1. The average molecular weight is 352 g/mol. The van der Waals surface area contributed by atoms with Crippen molar-refractivity contribution in [1.29, 1.82) is 0 Å². The van der Waals surface area contributed by atoms with Crippen molar-refractivity contribution in [3.8, 4) is 0 Å². The number of aromatic amines is 1. The minimum absolute atomic E-state index is 0. The van der Waals surface area contributed by atoms with Crippen LogP contribution in [-0.2, 0) is 4.74 Å². The highest BCUT2D eigenvalue weighted by Gasteiger charge is 2.11. The van der Waals surface area contributed by atoms with E-state index in [9.17, 15) is 0 Å². The molecule has 0 unspecified atom stereocenters. The van der Waals surface area contributed by atoms with E-state index in [4.69, 9.17) is 4.74 Å². The van der Waals surface area contributed by atoms with Crippen LogP contribution in [0.4, 0.5) is 0 Å². The molecule has 1 N–H and O–H groups in total. The molecule has 3 heterocycles. The van der Waals surface area contributed by atoms with E-state index in [0.717, 1.165) is 65.8 Å². The Kier molecular flexibility index (Phi) is 5.32. The number of para-hydroxylation sites is 1. The van der Waals surface area contributed by atoms with E-state index in [1.807, 2.05) is 24.3 Å². The first kappa shape index (κ1) is 16.4.